The number of benzene rings is 1. The number of amides is 2. The third kappa shape index (κ3) is 4.30. The minimum absolute atomic E-state index is 0.212. The van der Waals surface area contributed by atoms with Gasteiger partial charge in [0.15, 0.2) is 0 Å². The Morgan fingerprint density at radius 1 is 1.35 bits per heavy atom. The van der Waals surface area contributed by atoms with Crippen LogP contribution in [0.15, 0.2) is 6.07 Å². The number of urea groups is 1. The summed E-state index contributed by atoms with van der Waals surface area (Å²) in [5.74, 6) is 0.737. The van der Waals surface area contributed by atoms with Crippen LogP contribution in [0.1, 0.15) is 37.5 Å². The molecule has 20 heavy (non-hydrogen) atoms. The van der Waals surface area contributed by atoms with Gasteiger partial charge in [-0.3, -0.25) is 0 Å². The molecule has 0 radical (unpaired) electrons. The fraction of sp³-hybridized carbons (Fsp3) is 0.533. The monoisotopic (exact) mass is 298 g/mol. The van der Waals surface area contributed by atoms with E-state index in [2.05, 4.69) is 10.6 Å². The second-order valence-corrected chi connectivity index (χ2v) is 6.25. The van der Waals surface area contributed by atoms with Crippen molar-refractivity contribution in [1.29, 1.82) is 0 Å². The molecule has 0 aliphatic rings. The van der Waals surface area contributed by atoms with Crippen molar-refractivity contribution in [1.82, 2.24) is 10.6 Å². The van der Waals surface area contributed by atoms with Crippen molar-refractivity contribution in [2.75, 3.05) is 7.11 Å². The van der Waals surface area contributed by atoms with Gasteiger partial charge in [0, 0.05) is 22.7 Å². The maximum atomic E-state index is 11.8. The topological polar surface area (TPSA) is 50.4 Å². The SMILES string of the molecule is COc1cc(C)c(Cl)c(C)c1CNC(=O)NC(C)(C)C. The lowest BCUT2D eigenvalue weighted by Crippen LogP contribution is -2.46. The fourth-order valence-corrected chi connectivity index (χ4v) is 2.08. The number of hydrogen-bond donors (Lipinski definition) is 2. The predicted octanol–water partition coefficient (Wildman–Crippen LogP) is 3.56. The summed E-state index contributed by atoms with van der Waals surface area (Å²) in [6, 6.07) is 1.67. The van der Waals surface area contributed by atoms with E-state index < -0.39 is 0 Å². The number of hydrogen-bond acceptors (Lipinski definition) is 2. The molecule has 0 aromatic heterocycles. The number of ether oxygens (including phenoxy) is 1. The van der Waals surface area contributed by atoms with Crippen LogP contribution < -0.4 is 15.4 Å². The molecule has 0 saturated carbocycles. The molecular formula is C15H23ClN2O2. The molecule has 0 heterocycles. The molecule has 0 aliphatic heterocycles. The van der Waals surface area contributed by atoms with Crippen molar-refractivity contribution >= 4 is 17.6 Å². The Kier molecular flexibility index (Phi) is 5.28. The number of halogens is 1. The molecule has 112 valence electrons. The summed E-state index contributed by atoms with van der Waals surface area (Å²) in [6.07, 6.45) is 0. The van der Waals surface area contributed by atoms with Gasteiger partial charge in [-0.05, 0) is 51.8 Å². The Labute approximate surface area is 125 Å². The molecule has 4 nitrogen and oxygen atoms in total. The first-order valence-corrected chi connectivity index (χ1v) is 6.92. The molecule has 0 unspecified atom stereocenters. The highest BCUT2D eigenvalue weighted by Crippen LogP contribution is 2.31. The second kappa shape index (κ2) is 6.35. The van der Waals surface area contributed by atoms with Gasteiger partial charge < -0.3 is 15.4 Å². The van der Waals surface area contributed by atoms with E-state index in [1.807, 2.05) is 40.7 Å². The van der Waals surface area contributed by atoms with E-state index in [1.54, 1.807) is 7.11 Å². The van der Waals surface area contributed by atoms with Gasteiger partial charge in [0.25, 0.3) is 0 Å². The van der Waals surface area contributed by atoms with Gasteiger partial charge in [0.1, 0.15) is 5.75 Å². The second-order valence-electron chi connectivity index (χ2n) is 5.87. The predicted molar refractivity (Wildman–Crippen MR) is 82.6 cm³/mol. The van der Waals surface area contributed by atoms with Crippen LogP contribution in [-0.4, -0.2) is 18.7 Å². The molecule has 1 rings (SSSR count). The molecule has 0 bridgehead atoms. The molecule has 2 amide bonds. The maximum absolute atomic E-state index is 11.8. The Bertz CT molecular complexity index is 508. The van der Waals surface area contributed by atoms with Crippen molar-refractivity contribution < 1.29 is 9.53 Å². The van der Waals surface area contributed by atoms with Gasteiger partial charge in [-0.25, -0.2) is 4.79 Å². The van der Waals surface area contributed by atoms with E-state index in [-0.39, 0.29) is 11.6 Å². The van der Waals surface area contributed by atoms with E-state index in [1.165, 1.54) is 0 Å². The highest BCUT2D eigenvalue weighted by Gasteiger charge is 2.16. The number of carbonyl (C=O) groups is 1. The molecule has 1 aromatic carbocycles. The normalized spacial score (nSPS) is 11.2. The Morgan fingerprint density at radius 3 is 2.45 bits per heavy atom. The number of rotatable bonds is 3. The molecule has 2 N–H and O–H groups in total. The number of nitrogens with one attached hydrogen (secondary N) is 2. The Hall–Kier alpha value is -1.42. The summed E-state index contributed by atoms with van der Waals surface area (Å²) >= 11 is 6.25. The molecule has 1 aromatic rings. The number of methoxy groups -OCH3 is 1. The minimum Gasteiger partial charge on any atom is -0.496 e. The highest BCUT2D eigenvalue weighted by atomic mass is 35.5. The first-order valence-electron chi connectivity index (χ1n) is 6.54. The molecule has 0 spiro atoms. The fourth-order valence-electron chi connectivity index (χ4n) is 1.92. The van der Waals surface area contributed by atoms with Gasteiger partial charge in [0.2, 0.25) is 0 Å². The van der Waals surface area contributed by atoms with Gasteiger partial charge >= 0.3 is 6.03 Å². The zero-order chi connectivity index (χ0) is 15.5. The lowest BCUT2D eigenvalue weighted by atomic mass is 10.0. The smallest absolute Gasteiger partial charge is 0.315 e. The van der Waals surface area contributed by atoms with E-state index in [0.29, 0.717) is 11.6 Å². The minimum atomic E-state index is -0.270. The average Bonchev–Trinajstić information content (AvgIpc) is 2.32. The summed E-state index contributed by atoms with van der Waals surface area (Å²) in [7, 11) is 1.61. The number of carbonyl (C=O) groups excluding carboxylic acids is 1. The van der Waals surface area contributed by atoms with E-state index in [4.69, 9.17) is 16.3 Å². The lowest BCUT2D eigenvalue weighted by Gasteiger charge is -2.21. The average molecular weight is 299 g/mol. The van der Waals surface area contributed by atoms with Crippen LogP contribution in [0.4, 0.5) is 4.79 Å². The van der Waals surface area contributed by atoms with Crippen LogP contribution in [0, 0.1) is 13.8 Å². The third-order valence-corrected chi connectivity index (χ3v) is 3.49. The van der Waals surface area contributed by atoms with Crippen LogP contribution in [0.2, 0.25) is 5.02 Å². The van der Waals surface area contributed by atoms with Crippen molar-refractivity contribution in [2.45, 2.75) is 46.7 Å². The summed E-state index contributed by atoms with van der Waals surface area (Å²) < 4.78 is 5.36. The molecule has 5 heteroatoms. The van der Waals surface area contributed by atoms with Gasteiger partial charge in [-0.15, -0.1) is 0 Å². The summed E-state index contributed by atoms with van der Waals surface area (Å²) in [5.41, 5.74) is 2.52. The molecule has 0 atom stereocenters. The van der Waals surface area contributed by atoms with E-state index in [0.717, 1.165) is 22.4 Å². The van der Waals surface area contributed by atoms with Crippen LogP contribution in [0.25, 0.3) is 0 Å². The van der Waals surface area contributed by atoms with Crippen LogP contribution in [-0.2, 0) is 6.54 Å². The first-order chi connectivity index (χ1) is 9.15. The van der Waals surface area contributed by atoms with Crippen LogP contribution in [0.5, 0.6) is 5.75 Å². The molecule has 0 fully saturated rings. The maximum Gasteiger partial charge on any atom is 0.315 e. The first kappa shape index (κ1) is 16.6. The van der Waals surface area contributed by atoms with Crippen molar-refractivity contribution in [2.24, 2.45) is 0 Å². The lowest BCUT2D eigenvalue weighted by molar-refractivity contribution is 0.231. The molecule has 0 aliphatic carbocycles. The number of aryl methyl sites for hydroxylation is 1. The largest absolute Gasteiger partial charge is 0.496 e. The third-order valence-electron chi connectivity index (χ3n) is 2.91. The quantitative estimate of drug-likeness (QED) is 0.896. The Balaban J connectivity index is 2.88. The highest BCUT2D eigenvalue weighted by molar-refractivity contribution is 6.32. The summed E-state index contributed by atoms with van der Waals surface area (Å²) in [6.45, 7) is 10.0. The molecular weight excluding hydrogens is 276 g/mol. The van der Waals surface area contributed by atoms with Crippen molar-refractivity contribution in [3.05, 3.63) is 27.8 Å². The van der Waals surface area contributed by atoms with Crippen LogP contribution >= 0.6 is 11.6 Å². The Morgan fingerprint density at radius 2 is 1.95 bits per heavy atom. The van der Waals surface area contributed by atoms with E-state index in [9.17, 15) is 4.79 Å². The van der Waals surface area contributed by atoms with Crippen molar-refractivity contribution in [3.63, 3.8) is 0 Å². The van der Waals surface area contributed by atoms with Crippen LogP contribution in [0.3, 0.4) is 0 Å². The van der Waals surface area contributed by atoms with Gasteiger partial charge in [-0.1, -0.05) is 11.6 Å². The zero-order valence-corrected chi connectivity index (χ0v) is 13.7. The zero-order valence-electron chi connectivity index (χ0n) is 13.0. The van der Waals surface area contributed by atoms with Crippen molar-refractivity contribution in [3.8, 4) is 5.75 Å². The van der Waals surface area contributed by atoms with E-state index >= 15 is 0 Å². The van der Waals surface area contributed by atoms with Gasteiger partial charge in [-0.2, -0.15) is 0 Å². The standard InChI is InChI=1S/C15H23ClN2O2/c1-9-7-12(20-6)11(10(2)13(9)16)8-17-14(19)18-15(3,4)5/h7H,8H2,1-6H3,(H2,17,18,19). The summed E-state index contributed by atoms with van der Waals surface area (Å²) in [5, 5.41) is 6.38. The van der Waals surface area contributed by atoms with Gasteiger partial charge in [0.05, 0.1) is 7.11 Å². The summed E-state index contributed by atoms with van der Waals surface area (Å²) in [4.78, 5) is 11.8. The molecule has 0 saturated heterocycles.